The number of halogens is 2. The average Bonchev–Trinajstić information content (AvgIpc) is 3.21. The first kappa shape index (κ1) is 22.4. The Hall–Kier alpha value is -2.94. The minimum Gasteiger partial charge on any atom is -0.437 e. The fraction of sp³-hybridized carbons (Fsp3) is 0.368. The van der Waals surface area contributed by atoms with E-state index in [2.05, 4.69) is 20.0 Å². The van der Waals surface area contributed by atoms with E-state index in [0.717, 1.165) is 32.1 Å². The van der Waals surface area contributed by atoms with Crippen LogP contribution in [0.2, 0.25) is 5.02 Å². The molecule has 3 rings (SSSR count). The zero-order valence-electron chi connectivity index (χ0n) is 15.8. The van der Waals surface area contributed by atoms with Gasteiger partial charge in [0.15, 0.2) is 12.1 Å². The maximum atomic E-state index is 12.8. The first-order chi connectivity index (χ1) is 13.8. The van der Waals surface area contributed by atoms with Crippen LogP contribution in [0.3, 0.4) is 0 Å². The molecule has 0 atom stereocenters. The SMILES string of the molecule is CNC(=O)c1ncoc1C(N)=O.O=C(Nc1ccc(F)cc1Cl)C1CCCCC1. The van der Waals surface area contributed by atoms with Gasteiger partial charge in [-0.05, 0) is 31.0 Å². The van der Waals surface area contributed by atoms with E-state index >= 15 is 0 Å². The molecule has 4 N–H and O–H groups in total. The first-order valence-electron chi connectivity index (χ1n) is 9.04. The lowest BCUT2D eigenvalue weighted by Gasteiger charge is -2.21. The van der Waals surface area contributed by atoms with Gasteiger partial charge in [0.2, 0.25) is 11.7 Å². The number of carbonyl (C=O) groups is 3. The van der Waals surface area contributed by atoms with Gasteiger partial charge in [-0.15, -0.1) is 0 Å². The van der Waals surface area contributed by atoms with Gasteiger partial charge in [-0.2, -0.15) is 0 Å². The van der Waals surface area contributed by atoms with Crippen molar-refractivity contribution < 1.29 is 23.2 Å². The molecule has 1 fully saturated rings. The Bertz CT molecular complexity index is 881. The number of carbonyl (C=O) groups excluding carboxylic acids is 3. The number of hydrogen-bond acceptors (Lipinski definition) is 5. The van der Waals surface area contributed by atoms with Crippen LogP contribution in [0.25, 0.3) is 0 Å². The second kappa shape index (κ2) is 10.6. The lowest BCUT2D eigenvalue weighted by atomic mass is 9.88. The topological polar surface area (TPSA) is 127 Å². The van der Waals surface area contributed by atoms with Crippen molar-refractivity contribution in [1.82, 2.24) is 10.3 Å². The number of amides is 3. The van der Waals surface area contributed by atoms with Gasteiger partial charge in [0.05, 0.1) is 10.7 Å². The number of nitrogens with two attached hydrogens (primary N) is 1. The lowest BCUT2D eigenvalue weighted by molar-refractivity contribution is -0.120. The van der Waals surface area contributed by atoms with Gasteiger partial charge < -0.3 is 20.8 Å². The van der Waals surface area contributed by atoms with Crippen molar-refractivity contribution in [2.75, 3.05) is 12.4 Å². The molecule has 1 aliphatic rings. The molecule has 8 nitrogen and oxygen atoms in total. The summed E-state index contributed by atoms with van der Waals surface area (Å²) in [6.45, 7) is 0. The number of rotatable bonds is 4. The molecule has 156 valence electrons. The zero-order chi connectivity index (χ0) is 21.4. The first-order valence-corrected chi connectivity index (χ1v) is 9.42. The molecular formula is C19H22ClFN4O4. The number of hydrogen-bond donors (Lipinski definition) is 3. The number of anilines is 1. The van der Waals surface area contributed by atoms with E-state index in [1.54, 1.807) is 0 Å². The van der Waals surface area contributed by atoms with E-state index in [4.69, 9.17) is 17.3 Å². The monoisotopic (exact) mass is 424 g/mol. The number of nitrogens with zero attached hydrogens (tertiary/aromatic N) is 1. The van der Waals surface area contributed by atoms with E-state index in [-0.39, 0.29) is 28.3 Å². The molecular weight excluding hydrogens is 403 g/mol. The summed E-state index contributed by atoms with van der Waals surface area (Å²) in [6.07, 6.45) is 6.28. The third-order valence-electron chi connectivity index (χ3n) is 4.40. The minimum absolute atomic E-state index is 0.00166. The van der Waals surface area contributed by atoms with Gasteiger partial charge in [-0.1, -0.05) is 30.9 Å². The van der Waals surface area contributed by atoms with E-state index in [0.29, 0.717) is 5.69 Å². The van der Waals surface area contributed by atoms with Gasteiger partial charge in [0, 0.05) is 13.0 Å². The van der Waals surface area contributed by atoms with Crippen molar-refractivity contribution in [2.24, 2.45) is 11.7 Å². The third-order valence-corrected chi connectivity index (χ3v) is 4.71. The van der Waals surface area contributed by atoms with Crippen LogP contribution in [-0.4, -0.2) is 29.8 Å². The highest BCUT2D eigenvalue weighted by Crippen LogP contribution is 2.27. The Kier molecular flexibility index (Phi) is 8.14. The number of aromatic nitrogens is 1. The van der Waals surface area contributed by atoms with Gasteiger partial charge in [-0.3, -0.25) is 14.4 Å². The van der Waals surface area contributed by atoms with E-state index in [1.807, 2.05) is 0 Å². The predicted molar refractivity (Wildman–Crippen MR) is 105 cm³/mol. The fourth-order valence-corrected chi connectivity index (χ4v) is 3.11. The van der Waals surface area contributed by atoms with Gasteiger partial charge in [-0.25, -0.2) is 9.37 Å². The van der Waals surface area contributed by atoms with Gasteiger partial charge >= 0.3 is 0 Å². The van der Waals surface area contributed by atoms with E-state index in [9.17, 15) is 18.8 Å². The van der Waals surface area contributed by atoms with Crippen LogP contribution in [-0.2, 0) is 4.79 Å². The summed E-state index contributed by atoms with van der Waals surface area (Å²) in [7, 11) is 1.42. The van der Waals surface area contributed by atoms with Gasteiger partial charge in [0.1, 0.15) is 5.82 Å². The quantitative estimate of drug-likeness (QED) is 0.694. The Balaban J connectivity index is 0.000000221. The van der Waals surface area contributed by atoms with Crippen molar-refractivity contribution in [3.05, 3.63) is 46.9 Å². The molecule has 1 saturated carbocycles. The third kappa shape index (κ3) is 6.28. The van der Waals surface area contributed by atoms with Crippen molar-refractivity contribution in [2.45, 2.75) is 32.1 Å². The van der Waals surface area contributed by atoms with E-state index in [1.165, 1.54) is 31.7 Å². The standard InChI is InChI=1S/C13H15ClFNO.C6H7N3O3/c14-11-8-10(15)6-7-12(11)16-13(17)9-4-2-1-3-5-9;1-8-6(11)3-4(5(7)10)12-2-9-3/h6-9H,1-5H2,(H,16,17);2H,1H3,(H2,7,10)(H,8,11). The summed E-state index contributed by atoms with van der Waals surface area (Å²) < 4.78 is 17.4. The molecule has 1 aliphatic carbocycles. The zero-order valence-corrected chi connectivity index (χ0v) is 16.6. The molecule has 1 aromatic carbocycles. The summed E-state index contributed by atoms with van der Waals surface area (Å²) in [5, 5.41) is 5.31. The minimum atomic E-state index is -0.814. The van der Waals surface area contributed by atoms with Crippen LogP contribution in [0.1, 0.15) is 53.1 Å². The van der Waals surface area contributed by atoms with Crippen molar-refractivity contribution >= 4 is 35.0 Å². The van der Waals surface area contributed by atoms with Gasteiger partial charge in [0.25, 0.3) is 11.8 Å². The van der Waals surface area contributed by atoms with Crippen molar-refractivity contribution in [1.29, 1.82) is 0 Å². The van der Waals surface area contributed by atoms with Crippen LogP contribution in [0.4, 0.5) is 10.1 Å². The van der Waals surface area contributed by atoms with Crippen LogP contribution in [0.15, 0.2) is 29.0 Å². The molecule has 0 radical (unpaired) electrons. The largest absolute Gasteiger partial charge is 0.437 e. The lowest BCUT2D eigenvalue weighted by Crippen LogP contribution is -2.24. The predicted octanol–water partition coefficient (Wildman–Crippen LogP) is 3.13. The second-order valence-electron chi connectivity index (χ2n) is 6.42. The Morgan fingerprint density at radius 3 is 2.52 bits per heavy atom. The van der Waals surface area contributed by atoms with Crippen LogP contribution in [0, 0.1) is 11.7 Å². The van der Waals surface area contributed by atoms with E-state index < -0.39 is 17.6 Å². The summed E-state index contributed by atoms with van der Waals surface area (Å²) in [5.41, 5.74) is 5.30. The number of nitrogens with one attached hydrogen (secondary N) is 2. The van der Waals surface area contributed by atoms with Crippen molar-refractivity contribution in [3.8, 4) is 0 Å². The highest BCUT2D eigenvalue weighted by atomic mass is 35.5. The summed E-state index contributed by atoms with van der Waals surface area (Å²) >= 11 is 5.86. The highest BCUT2D eigenvalue weighted by molar-refractivity contribution is 6.33. The summed E-state index contributed by atoms with van der Waals surface area (Å²) in [5.74, 6) is -1.87. The van der Waals surface area contributed by atoms with Crippen molar-refractivity contribution in [3.63, 3.8) is 0 Å². The highest BCUT2D eigenvalue weighted by Gasteiger charge is 2.21. The van der Waals surface area contributed by atoms with Crippen LogP contribution in [0.5, 0.6) is 0 Å². The smallest absolute Gasteiger partial charge is 0.287 e. The molecule has 10 heteroatoms. The number of benzene rings is 1. The normalized spacial score (nSPS) is 13.8. The second-order valence-corrected chi connectivity index (χ2v) is 6.83. The van der Waals surface area contributed by atoms with Crippen LogP contribution >= 0.6 is 11.6 Å². The number of primary amides is 1. The molecule has 1 aromatic heterocycles. The molecule has 0 saturated heterocycles. The molecule has 2 aromatic rings. The molecule has 3 amide bonds. The maximum Gasteiger partial charge on any atom is 0.287 e. The average molecular weight is 425 g/mol. The fourth-order valence-electron chi connectivity index (χ4n) is 2.89. The molecule has 0 unspecified atom stereocenters. The Labute approximate surface area is 172 Å². The molecule has 0 aliphatic heterocycles. The maximum absolute atomic E-state index is 12.8. The summed E-state index contributed by atoms with van der Waals surface area (Å²) in [6, 6.07) is 4.00. The molecule has 0 bridgehead atoms. The molecule has 1 heterocycles. The Morgan fingerprint density at radius 2 is 1.93 bits per heavy atom. The molecule has 0 spiro atoms. The molecule has 29 heavy (non-hydrogen) atoms. The number of oxazole rings is 1. The van der Waals surface area contributed by atoms with Crippen LogP contribution < -0.4 is 16.4 Å². The summed E-state index contributed by atoms with van der Waals surface area (Å²) in [4.78, 5) is 37.0. The Morgan fingerprint density at radius 1 is 1.24 bits per heavy atom.